The predicted molar refractivity (Wildman–Crippen MR) is 87.0 cm³/mol. The van der Waals surface area contributed by atoms with Gasteiger partial charge in [0, 0.05) is 29.2 Å². The molecule has 21 heavy (non-hydrogen) atoms. The maximum atomic E-state index is 4.16. The van der Waals surface area contributed by atoms with Gasteiger partial charge >= 0.3 is 0 Å². The fourth-order valence-electron chi connectivity index (χ4n) is 1.70. The fourth-order valence-corrected chi connectivity index (χ4v) is 2.94. The number of halogens is 1. The first-order valence-corrected chi connectivity index (χ1v) is 8.62. The number of tetrazole rings is 1. The van der Waals surface area contributed by atoms with Gasteiger partial charge in [-0.05, 0) is 50.4 Å². The highest BCUT2D eigenvalue weighted by Crippen LogP contribution is 2.21. The van der Waals surface area contributed by atoms with E-state index in [2.05, 4.69) is 61.7 Å². The highest BCUT2D eigenvalue weighted by molar-refractivity contribution is 9.10. The van der Waals surface area contributed by atoms with Gasteiger partial charge in [0.25, 0.3) is 0 Å². The van der Waals surface area contributed by atoms with Gasteiger partial charge in [0.1, 0.15) is 0 Å². The molecule has 2 aromatic rings. The fraction of sp³-hybridized carbons (Fsp3) is 0.538. The molecule has 0 saturated carbocycles. The summed E-state index contributed by atoms with van der Waals surface area (Å²) >= 11 is 5.04. The first kappa shape index (κ1) is 16.4. The largest absolute Gasteiger partial charge is 0.315 e. The van der Waals surface area contributed by atoms with Crippen LogP contribution in [0.3, 0.4) is 0 Å². The monoisotopic (exact) mass is 370 g/mol. The van der Waals surface area contributed by atoms with Gasteiger partial charge in [0.2, 0.25) is 5.16 Å². The number of rotatable bonds is 8. The first-order chi connectivity index (χ1) is 10.1. The van der Waals surface area contributed by atoms with E-state index >= 15 is 0 Å². The molecule has 8 heteroatoms. The SMILES string of the molecule is CC(C)CNCCn1nnnc1SCc1cncc(Br)c1. The first-order valence-electron chi connectivity index (χ1n) is 6.84. The molecule has 6 nitrogen and oxygen atoms in total. The summed E-state index contributed by atoms with van der Waals surface area (Å²) < 4.78 is 2.82. The maximum absolute atomic E-state index is 4.16. The van der Waals surface area contributed by atoms with E-state index in [9.17, 15) is 0 Å². The molecule has 0 aromatic carbocycles. The zero-order valence-electron chi connectivity index (χ0n) is 12.2. The summed E-state index contributed by atoms with van der Waals surface area (Å²) in [4.78, 5) is 4.16. The van der Waals surface area contributed by atoms with Crippen molar-refractivity contribution in [1.29, 1.82) is 0 Å². The van der Waals surface area contributed by atoms with E-state index in [0.717, 1.165) is 40.6 Å². The Morgan fingerprint density at radius 2 is 2.24 bits per heavy atom. The lowest BCUT2D eigenvalue weighted by atomic mass is 10.2. The second kappa shape index (κ2) is 8.45. The van der Waals surface area contributed by atoms with Crippen molar-refractivity contribution in [3.63, 3.8) is 0 Å². The molecule has 2 heterocycles. The maximum Gasteiger partial charge on any atom is 0.209 e. The van der Waals surface area contributed by atoms with Crippen molar-refractivity contribution in [3.8, 4) is 0 Å². The number of hydrogen-bond donors (Lipinski definition) is 1. The van der Waals surface area contributed by atoms with Crippen molar-refractivity contribution in [2.45, 2.75) is 31.3 Å². The normalized spacial score (nSPS) is 11.2. The molecule has 1 N–H and O–H groups in total. The zero-order valence-corrected chi connectivity index (χ0v) is 14.6. The number of nitrogens with one attached hydrogen (secondary N) is 1. The molecule has 0 fully saturated rings. The third-order valence-corrected chi connectivity index (χ3v) is 4.14. The smallest absolute Gasteiger partial charge is 0.209 e. The Morgan fingerprint density at radius 1 is 1.38 bits per heavy atom. The summed E-state index contributed by atoms with van der Waals surface area (Å²) in [6, 6.07) is 2.05. The summed E-state index contributed by atoms with van der Waals surface area (Å²) in [5, 5.41) is 16.1. The summed E-state index contributed by atoms with van der Waals surface area (Å²) in [6.45, 7) is 7.04. The van der Waals surface area contributed by atoms with Crippen LogP contribution in [0.2, 0.25) is 0 Å². The molecule has 0 saturated heterocycles. The number of thioether (sulfide) groups is 1. The Hall–Kier alpha value is -0.990. The lowest BCUT2D eigenvalue weighted by Gasteiger charge is -2.08. The molecule has 0 bridgehead atoms. The molecule has 2 aromatic heterocycles. The standard InChI is InChI=1S/C13H19BrN6S/c1-10(2)6-15-3-4-20-13(17-18-19-20)21-9-11-5-12(14)8-16-7-11/h5,7-8,10,15H,3-4,6,9H2,1-2H3. The molecular formula is C13H19BrN6S. The van der Waals surface area contributed by atoms with Crippen molar-refractivity contribution in [2.24, 2.45) is 5.92 Å². The Bertz CT molecular complexity index is 559. The van der Waals surface area contributed by atoms with E-state index < -0.39 is 0 Å². The summed E-state index contributed by atoms with van der Waals surface area (Å²) in [6.07, 6.45) is 3.63. The van der Waals surface area contributed by atoms with Gasteiger partial charge in [0.05, 0.1) is 6.54 Å². The molecule has 0 aliphatic rings. The Kier molecular flexibility index (Phi) is 6.59. The molecule has 0 spiro atoms. The molecule has 0 atom stereocenters. The number of nitrogens with zero attached hydrogens (tertiary/aromatic N) is 5. The summed E-state index contributed by atoms with van der Waals surface area (Å²) in [7, 11) is 0. The van der Waals surface area contributed by atoms with Crippen LogP contribution >= 0.6 is 27.7 Å². The van der Waals surface area contributed by atoms with E-state index in [1.807, 2.05) is 10.9 Å². The third kappa shape index (κ3) is 5.72. The van der Waals surface area contributed by atoms with Crippen molar-refractivity contribution >= 4 is 27.7 Å². The second-order valence-corrected chi connectivity index (χ2v) is 6.94. The zero-order chi connectivity index (χ0) is 15.1. The number of pyridine rings is 1. The van der Waals surface area contributed by atoms with Crippen molar-refractivity contribution in [3.05, 3.63) is 28.5 Å². The van der Waals surface area contributed by atoms with Gasteiger partial charge < -0.3 is 5.32 Å². The van der Waals surface area contributed by atoms with Crippen LogP contribution in [-0.4, -0.2) is 38.3 Å². The van der Waals surface area contributed by atoms with Crippen LogP contribution < -0.4 is 5.32 Å². The van der Waals surface area contributed by atoms with E-state index in [1.165, 1.54) is 0 Å². The summed E-state index contributed by atoms with van der Waals surface area (Å²) in [5.41, 5.74) is 1.14. The Morgan fingerprint density at radius 3 is 3.00 bits per heavy atom. The predicted octanol–water partition coefficient (Wildman–Crippen LogP) is 2.37. The Balaban J connectivity index is 1.82. The van der Waals surface area contributed by atoms with Crippen LogP contribution in [0.5, 0.6) is 0 Å². The van der Waals surface area contributed by atoms with Gasteiger partial charge in [-0.25, -0.2) is 4.68 Å². The summed E-state index contributed by atoms with van der Waals surface area (Å²) in [5.74, 6) is 1.45. The van der Waals surface area contributed by atoms with Gasteiger partial charge in [-0.3, -0.25) is 4.98 Å². The Labute approximate surface area is 137 Å². The van der Waals surface area contributed by atoms with Crippen LogP contribution in [0.15, 0.2) is 28.1 Å². The van der Waals surface area contributed by atoms with Crippen LogP contribution in [0.25, 0.3) is 0 Å². The van der Waals surface area contributed by atoms with E-state index in [-0.39, 0.29) is 0 Å². The minimum absolute atomic E-state index is 0.650. The minimum atomic E-state index is 0.650. The quantitative estimate of drug-likeness (QED) is 0.568. The molecule has 2 rings (SSSR count). The highest BCUT2D eigenvalue weighted by atomic mass is 79.9. The third-order valence-electron chi connectivity index (χ3n) is 2.68. The van der Waals surface area contributed by atoms with Gasteiger partial charge in [-0.15, -0.1) is 5.10 Å². The van der Waals surface area contributed by atoms with Gasteiger partial charge in [0.15, 0.2) is 0 Å². The van der Waals surface area contributed by atoms with Crippen molar-refractivity contribution in [2.75, 3.05) is 13.1 Å². The van der Waals surface area contributed by atoms with Crippen molar-refractivity contribution < 1.29 is 0 Å². The molecular weight excluding hydrogens is 352 g/mol. The molecule has 0 radical (unpaired) electrons. The molecule has 0 aliphatic heterocycles. The average Bonchev–Trinajstić information content (AvgIpc) is 2.89. The number of aromatic nitrogens is 5. The van der Waals surface area contributed by atoms with Crippen molar-refractivity contribution in [1.82, 2.24) is 30.5 Å². The van der Waals surface area contributed by atoms with Crippen LogP contribution in [-0.2, 0) is 12.3 Å². The lowest BCUT2D eigenvalue weighted by Crippen LogP contribution is -2.24. The lowest BCUT2D eigenvalue weighted by molar-refractivity contribution is 0.482. The van der Waals surface area contributed by atoms with Crippen LogP contribution in [0, 0.1) is 5.92 Å². The molecule has 0 amide bonds. The highest BCUT2D eigenvalue weighted by Gasteiger charge is 2.07. The van der Waals surface area contributed by atoms with E-state index in [4.69, 9.17) is 0 Å². The topological polar surface area (TPSA) is 68.5 Å². The molecule has 114 valence electrons. The second-order valence-electron chi connectivity index (χ2n) is 5.08. The van der Waals surface area contributed by atoms with E-state index in [0.29, 0.717) is 5.92 Å². The average molecular weight is 371 g/mol. The van der Waals surface area contributed by atoms with Crippen LogP contribution in [0.4, 0.5) is 0 Å². The molecule has 0 aliphatic carbocycles. The van der Waals surface area contributed by atoms with Gasteiger partial charge in [-0.1, -0.05) is 25.6 Å². The minimum Gasteiger partial charge on any atom is -0.315 e. The van der Waals surface area contributed by atoms with Crippen LogP contribution in [0.1, 0.15) is 19.4 Å². The number of hydrogen-bond acceptors (Lipinski definition) is 6. The van der Waals surface area contributed by atoms with E-state index in [1.54, 1.807) is 18.0 Å². The molecule has 0 unspecified atom stereocenters. The van der Waals surface area contributed by atoms with Gasteiger partial charge in [-0.2, -0.15) is 0 Å².